The van der Waals surface area contributed by atoms with Crippen molar-refractivity contribution in [2.75, 3.05) is 20.1 Å². The molecule has 0 bridgehead atoms. The molecule has 17 heavy (non-hydrogen) atoms. The molecule has 0 spiro atoms. The van der Waals surface area contributed by atoms with Gasteiger partial charge in [-0.1, -0.05) is 0 Å². The van der Waals surface area contributed by atoms with Gasteiger partial charge in [-0.3, -0.25) is 4.68 Å². The van der Waals surface area contributed by atoms with Gasteiger partial charge in [0.25, 0.3) is 0 Å². The zero-order chi connectivity index (χ0) is 12.8. The fourth-order valence-electron chi connectivity index (χ4n) is 1.60. The second-order valence-electron chi connectivity index (χ2n) is 4.25. The van der Waals surface area contributed by atoms with Crippen molar-refractivity contribution >= 4 is 6.03 Å². The fourth-order valence-corrected chi connectivity index (χ4v) is 1.60. The topological polar surface area (TPSA) is 50.2 Å². The largest absolute Gasteiger partial charge is 0.338 e. The van der Waals surface area contributed by atoms with Gasteiger partial charge in [0.15, 0.2) is 0 Å². The summed E-state index contributed by atoms with van der Waals surface area (Å²) in [5, 5.41) is 7.25. The van der Waals surface area contributed by atoms with Crippen LogP contribution in [0.5, 0.6) is 0 Å². The Morgan fingerprint density at radius 3 is 2.76 bits per heavy atom. The van der Waals surface area contributed by atoms with Crippen LogP contribution in [0.1, 0.15) is 24.7 Å². The highest BCUT2D eigenvalue weighted by Crippen LogP contribution is 2.02. The number of urea groups is 1. The molecule has 1 rings (SSSR count). The molecule has 5 nitrogen and oxygen atoms in total. The number of hydrogen-bond acceptors (Lipinski definition) is 2. The first-order valence-corrected chi connectivity index (χ1v) is 6.04. The standard InChI is InChI=1S/C12H22N4O/c1-5-15(4)12(17)13-7-6-8-16-11(3)9-10(2)14-16/h9H,5-8H2,1-4H3,(H,13,17). The summed E-state index contributed by atoms with van der Waals surface area (Å²) in [6.07, 6.45) is 0.894. The van der Waals surface area contributed by atoms with Crippen molar-refractivity contribution in [2.45, 2.75) is 33.7 Å². The van der Waals surface area contributed by atoms with E-state index in [1.807, 2.05) is 25.5 Å². The van der Waals surface area contributed by atoms with Gasteiger partial charge < -0.3 is 10.2 Å². The van der Waals surface area contributed by atoms with Crippen LogP contribution in [0, 0.1) is 13.8 Å². The molecule has 0 aliphatic rings. The van der Waals surface area contributed by atoms with Crippen LogP contribution in [-0.2, 0) is 6.54 Å². The van der Waals surface area contributed by atoms with Crippen LogP contribution in [0.2, 0.25) is 0 Å². The number of hydrogen-bond donors (Lipinski definition) is 1. The van der Waals surface area contributed by atoms with E-state index in [4.69, 9.17) is 0 Å². The van der Waals surface area contributed by atoms with Crippen LogP contribution in [-0.4, -0.2) is 40.8 Å². The van der Waals surface area contributed by atoms with Gasteiger partial charge in [-0.05, 0) is 33.3 Å². The molecule has 0 aromatic carbocycles. The van der Waals surface area contributed by atoms with E-state index in [2.05, 4.69) is 16.5 Å². The maximum absolute atomic E-state index is 11.4. The highest BCUT2D eigenvalue weighted by atomic mass is 16.2. The normalized spacial score (nSPS) is 10.4. The van der Waals surface area contributed by atoms with Crippen LogP contribution in [0.15, 0.2) is 6.07 Å². The lowest BCUT2D eigenvalue weighted by Gasteiger charge is -2.15. The van der Waals surface area contributed by atoms with E-state index in [1.165, 1.54) is 5.69 Å². The Balaban J connectivity index is 2.25. The number of rotatable bonds is 5. The number of nitrogens with one attached hydrogen (secondary N) is 1. The summed E-state index contributed by atoms with van der Waals surface area (Å²) in [6.45, 7) is 8.24. The quantitative estimate of drug-likeness (QED) is 0.791. The maximum Gasteiger partial charge on any atom is 0.317 e. The lowest BCUT2D eigenvalue weighted by atomic mass is 10.4. The molecule has 0 unspecified atom stereocenters. The zero-order valence-corrected chi connectivity index (χ0v) is 11.2. The third-order valence-corrected chi connectivity index (χ3v) is 2.75. The molecular weight excluding hydrogens is 216 g/mol. The van der Waals surface area contributed by atoms with Gasteiger partial charge in [0.05, 0.1) is 5.69 Å². The molecule has 0 aliphatic carbocycles. The smallest absolute Gasteiger partial charge is 0.317 e. The number of carbonyl (C=O) groups is 1. The van der Waals surface area contributed by atoms with Crippen molar-refractivity contribution in [1.29, 1.82) is 0 Å². The van der Waals surface area contributed by atoms with Crippen LogP contribution < -0.4 is 5.32 Å². The molecule has 0 aliphatic heterocycles. The molecule has 0 atom stereocenters. The third kappa shape index (κ3) is 4.09. The summed E-state index contributed by atoms with van der Waals surface area (Å²) in [4.78, 5) is 13.1. The Morgan fingerprint density at radius 1 is 1.53 bits per heavy atom. The second kappa shape index (κ2) is 6.27. The summed E-state index contributed by atoms with van der Waals surface area (Å²) in [5.41, 5.74) is 2.21. The third-order valence-electron chi connectivity index (χ3n) is 2.75. The van der Waals surface area contributed by atoms with Gasteiger partial charge in [0, 0.05) is 32.4 Å². The minimum Gasteiger partial charge on any atom is -0.338 e. The van der Waals surface area contributed by atoms with Crippen molar-refractivity contribution < 1.29 is 4.79 Å². The van der Waals surface area contributed by atoms with Gasteiger partial charge >= 0.3 is 6.03 Å². The molecule has 2 amide bonds. The number of amides is 2. The highest BCUT2D eigenvalue weighted by molar-refractivity contribution is 5.73. The molecule has 0 saturated heterocycles. The summed E-state index contributed by atoms with van der Waals surface area (Å²) < 4.78 is 1.98. The predicted molar refractivity (Wildman–Crippen MR) is 68.0 cm³/mol. The highest BCUT2D eigenvalue weighted by Gasteiger charge is 2.05. The molecule has 1 aromatic heterocycles. The molecule has 96 valence electrons. The monoisotopic (exact) mass is 238 g/mol. The van der Waals surface area contributed by atoms with Crippen molar-refractivity contribution in [3.63, 3.8) is 0 Å². The summed E-state index contributed by atoms with van der Waals surface area (Å²) in [6, 6.07) is 2.05. The molecule has 0 saturated carbocycles. The summed E-state index contributed by atoms with van der Waals surface area (Å²) >= 11 is 0. The minimum absolute atomic E-state index is 0.0131. The first-order chi connectivity index (χ1) is 8.04. The first-order valence-electron chi connectivity index (χ1n) is 6.04. The van der Waals surface area contributed by atoms with E-state index in [1.54, 1.807) is 11.9 Å². The minimum atomic E-state index is -0.0131. The Kier molecular flexibility index (Phi) is 5.00. The van der Waals surface area contributed by atoms with E-state index in [9.17, 15) is 4.79 Å². The number of carbonyl (C=O) groups excluding carboxylic acids is 1. The summed E-state index contributed by atoms with van der Waals surface area (Å²) in [5.74, 6) is 0. The molecule has 1 heterocycles. The Labute approximate surface area is 103 Å². The molecule has 5 heteroatoms. The molecular formula is C12H22N4O. The number of aromatic nitrogens is 2. The summed E-state index contributed by atoms with van der Waals surface area (Å²) in [7, 11) is 1.79. The van der Waals surface area contributed by atoms with Crippen molar-refractivity contribution in [3.8, 4) is 0 Å². The second-order valence-corrected chi connectivity index (χ2v) is 4.25. The van der Waals surface area contributed by atoms with Crippen LogP contribution in [0.25, 0.3) is 0 Å². The van der Waals surface area contributed by atoms with Gasteiger partial charge in [-0.2, -0.15) is 5.10 Å². The molecule has 1 aromatic rings. The van der Waals surface area contributed by atoms with Gasteiger partial charge in [0.2, 0.25) is 0 Å². The van der Waals surface area contributed by atoms with Gasteiger partial charge in [-0.25, -0.2) is 4.79 Å². The van der Waals surface area contributed by atoms with Crippen molar-refractivity contribution in [1.82, 2.24) is 20.0 Å². The number of nitrogens with zero attached hydrogens (tertiary/aromatic N) is 3. The van der Waals surface area contributed by atoms with Crippen molar-refractivity contribution in [2.24, 2.45) is 0 Å². The predicted octanol–water partition coefficient (Wildman–Crippen LogP) is 1.55. The van der Waals surface area contributed by atoms with Crippen molar-refractivity contribution in [3.05, 3.63) is 17.5 Å². The molecule has 0 radical (unpaired) electrons. The average molecular weight is 238 g/mol. The van der Waals surface area contributed by atoms with Gasteiger partial charge in [-0.15, -0.1) is 0 Å². The van der Waals surface area contributed by atoms with Crippen LogP contribution >= 0.6 is 0 Å². The lowest BCUT2D eigenvalue weighted by Crippen LogP contribution is -2.37. The Hall–Kier alpha value is -1.52. The van der Waals surface area contributed by atoms with Crippen LogP contribution in [0.3, 0.4) is 0 Å². The van der Waals surface area contributed by atoms with E-state index >= 15 is 0 Å². The first kappa shape index (κ1) is 13.5. The maximum atomic E-state index is 11.4. The van der Waals surface area contributed by atoms with E-state index in [0.29, 0.717) is 6.54 Å². The Bertz CT molecular complexity index is 373. The molecule has 0 fully saturated rings. The average Bonchev–Trinajstić information content (AvgIpc) is 2.62. The lowest BCUT2D eigenvalue weighted by molar-refractivity contribution is 0.210. The Morgan fingerprint density at radius 2 is 2.24 bits per heavy atom. The van der Waals surface area contributed by atoms with Gasteiger partial charge in [0.1, 0.15) is 0 Å². The van der Waals surface area contributed by atoms with E-state index in [-0.39, 0.29) is 6.03 Å². The molecule has 1 N–H and O–H groups in total. The SMILES string of the molecule is CCN(C)C(=O)NCCCn1nc(C)cc1C. The zero-order valence-electron chi connectivity index (χ0n) is 11.2. The van der Waals surface area contributed by atoms with E-state index in [0.717, 1.165) is 25.2 Å². The van der Waals surface area contributed by atoms with E-state index < -0.39 is 0 Å². The van der Waals surface area contributed by atoms with Crippen LogP contribution in [0.4, 0.5) is 4.79 Å². The fraction of sp³-hybridized carbons (Fsp3) is 0.667. The number of aryl methyl sites for hydroxylation is 3.